The van der Waals surface area contributed by atoms with Crippen LogP contribution in [0.5, 0.6) is 0 Å². The first kappa shape index (κ1) is 58.3. The molecular formula is C54H103NO5. The van der Waals surface area contributed by atoms with E-state index in [1.54, 1.807) is 0 Å². The van der Waals surface area contributed by atoms with Crippen LogP contribution in [0.4, 0.5) is 0 Å². The Hall–Kier alpha value is -1.66. The van der Waals surface area contributed by atoms with Crippen molar-refractivity contribution in [3.05, 3.63) is 24.3 Å². The number of amides is 1. The highest BCUT2D eigenvalue weighted by Gasteiger charge is 2.24. The van der Waals surface area contributed by atoms with Gasteiger partial charge in [0.15, 0.2) is 0 Å². The number of hydrogen-bond donors (Lipinski definition) is 3. The van der Waals surface area contributed by atoms with Gasteiger partial charge in [-0.15, -0.1) is 0 Å². The summed E-state index contributed by atoms with van der Waals surface area (Å²) in [6.07, 6.45) is 55.3. The summed E-state index contributed by atoms with van der Waals surface area (Å²) in [6.45, 7) is 6.39. The maximum atomic E-state index is 13.2. The maximum Gasteiger partial charge on any atom is 0.306 e. The van der Waals surface area contributed by atoms with E-state index in [4.69, 9.17) is 4.74 Å². The quantitative estimate of drug-likeness (QED) is 0.0322. The third kappa shape index (κ3) is 43.0. The number of unbranched alkanes of at least 4 members (excludes halogenated alkanes) is 32. The molecule has 0 aromatic heterocycles. The number of ether oxygens (including phenoxy) is 1. The van der Waals surface area contributed by atoms with E-state index >= 15 is 0 Å². The summed E-state index contributed by atoms with van der Waals surface area (Å²) in [7, 11) is 0. The monoisotopic (exact) mass is 846 g/mol. The van der Waals surface area contributed by atoms with Crippen molar-refractivity contribution in [1.29, 1.82) is 0 Å². The van der Waals surface area contributed by atoms with Crippen molar-refractivity contribution in [2.45, 2.75) is 302 Å². The summed E-state index contributed by atoms with van der Waals surface area (Å²) in [6, 6.07) is -0.701. The number of hydrogen-bond acceptors (Lipinski definition) is 5. The van der Waals surface area contributed by atoms with Crippen molar-refractivity contribution < 1.29 is 24.5 Å². The summed E-state index contributed by atoms with van der Waals surface area (Å²) < 4.78 is 5.93. The van der Waals surface area contributed by atoms with Gasteiger partial charge in [-0.25, -0.2) is 0 Å². The van der Waals surface area contributed by atoms with Crippen LogP contribution in [0.3, 0.4) is 0 Å². The first-order valence-corrected chi connectivity index (χ1v) is 26.6. The molecule has 0 bridgehead atoms. The fourth-order valence-electron chi connectivity index (χ4n) is 8.29. The van der Waals surface area contributed by atoms with Gasteiger partial charge in [0.2, 0.25) is 5.91 Å². The molecule has 60 heavy (non-hydrogen) atoms. The molecule has 6 nitrogen and oxygen atoms in total. The lowest BCUT2D eigenvalue weighted by atomic mass is 10.0. The maximum absolute atomic E-state index is 13.2. The first-order valence-electron chi connectivity index (χ1n) is 26.6. The highest BCUT2D eigenvalue weighted by atomic mass is 16.5. The molecule has 1 amide bonds. The van der Waals surface area contributed by atoms with Crippen LogP contribution < -0.4 is 5.32 Å². The van der Waals surface area contributed by atoms with E-state index in [2.05, 4.69) is 50.4 Å². The SMILES string of the molecule is CC/C=C/C/C=C/CCCCCCCC(CC(=O)NC(CO)C(O)CCCCCCCCCCCCCC)OC(=O)CCCCCCCCCCCCCCCCCCC. The molecule has 0 fully saturated rings. The molecule has 0 radical (unpaired) electrons. The molecule has 0 spiro atoms. The van der Waals surface area contributed by atoms with Gasteiger partial charge in [0, 0.05) is 6.42 Å². The molecule has 3 N–H and O–H groups in total. The van der Waals surface area contributed by atoms with E-state index in [0.29, 0.717) is 19.3 Å². The Balaban J connectivity index is 4.50. The smallest absolute Gasteiger partial charge is 0.306 e. The average Bonchev–Trinajstić information content (AvgIpc) is 3.24. The Bertz CT molecular complexity index is 950. The minimum absolute atomic E-state index is 0.0733. The van der Waals surface area contributed by atoms with E-state index in [1.165, 1.54) is 167 Å². The number of esters is 1. The van der Waals surface area contributed by atoms with Gasteiger partial charge in [0.25, 0.3) is 0 Å². The van der Waals surface area contributed by atoms with Gasteiger partial charge in [-0.05, 0) is 51.4 Å². The van der Waals surface area contributed by atoms with Gasteiger partial charge in [-0.1, -0.05) is 244 Å². The van der Waals surface area contributed by atoms with Gasteiger partial charge >= 0.3 is 5.97 Å². The van der Waals surface area contributed by atoms with Crippen LogP contribution in [0.25, 0.3) is 0 Å². The number of aliphatic hydroxyl groups excluding tert-OH is 2. The second-order valence-corrected chi connectivity index (χ2v) is 18.3. The Morgan fingerprint density at radius 3 is 1.35 bits per heavy atom. The van der Waals surface area contributed by atoms with Crippen molar-refractivity contribution in [1.82, 2.24) is 5.32 Å². The zero-order chi connectivity index (χ0) is 43.8. The second-order valence-electron chi connectivity index (χ2n) is 18.3. The number of aliphatic hydroxyl groups is 2. The lowest BCUT2D eigenvalue weighted by molar-refractivity contribution is -0.151. The van der Waals surface area contributed by atoms with Gasteiger partial charge in [-0.2, -0.15) is 0 Å². The number of nitrogens with one attached hydrogen (secondary N) is 1. The number of carbonyl (C=O) groups excluding carboxylic acids is 2. The standard InChI is InChI=1S/C54H103NO5/c1-4-7-10-13-16-19-22-25-26-27-28-29-32-35-38-41-44-47-54(59)60-50(45-42-39-36-33-30-23-20-17-14-11-8-5-2)48-53(58)55-51(49-56)52(57)46-43-40-37-34-31-24-21-18-15-12-9-6-3/h8,11,17,20,50-52,56-57H,4-7,9-10,12-16,18-19,21-49H2,1-3H3,(H,55,58)/b11-8+,20-17+. The summed E-state index contributed by atoms with van der Waals surface area (Å²) in [4.78, 5) is 26.1. The highest BCUT2D eigenvalue weighted by Crippen LogP contribution is 2.18. The first-order chi connectivity index (χ1) is 29.5. The molecule has 0 aliphatic heterocycles. The van der Waals surface area contributed by atoms with Crippen molar-refractivity contribution in [3.8, 4) is 0 Å². The molecule has 6 heteroatoms. The van der Waals surface area contributed by atoms with Crippen molar-refractivity contribution in [3.63, 3.8) is 0 Å². The molecular weight excluding hydrogens is 743 g/mol. The van der Waals surface area contributed by atoms with Crippen LogP contribution in [0, 0.1) is 0 Å². The van der Waals surface area contributed by atoms with Crippen LogP contribution in [0.1, 0.15) is 284 Å². The molecule has 3 unspecified atom stereocenters. The number of allylic oxidation sites excluding steroid dienone is 4. The van der Waals surface area contributed by atoms with Gasteiger partial charge in [-0.3, -0.25) is 9.59 Å². The zero-order valence-electron chi connectivity index (χ0n) is 40.4. The molecule has 354 valence electrons. The normalized spacial score (nSPS) is 13.3. The Morgan fingerprint density at radius 2 is 0.900 bits per heavy atom. The fourth-order valence-corrected chi connectivity index (χ4v) is 8.29. The third-order valence-electron chi connectivity index (χ3n) is 12.3. The van der Waals surface area contributed by atoms with Crippen molar-refractivity contribution in [2.75, 3.05) is 6.61 Å². The Morgan fingerprint density at radius 1 is 0.500 bits per heavy atom. The third-order valence-corrected chi connectivity index (χ3v) is 12.3. The van der Waals surface area contributed by atoms with Crippen molar-refractivity contribution in [2.24, 2.45) is 0 Å². The predicted octanol–water partition coefficient (Wildman–Crippen LogP) is 15.9. The predicted molar refractivity (Wildman–Crippen MR) is 260 cm³/mol. The van der Waals surface area contributed by atoms with E-state index in [-0.39, 0.29) is 24.9 Å². The topological polar surface area (TPSA) is 95.9 Å². The van der Waals surface area contributed by atoms with Gasteiger partial charge < -0.3 is 20.3 Å². The molecule has 0 saturated carbocycles. The van der Waals surface area contributed by atoms with E-state index in [9.17, 15) is 19.8 Å². The number of rotatable bonds is 48. The molecule has 0 aliphatic rings. The number of carbonyl (C=O) groups is 2. The zero-order valence-corrected chi connectivity index (χ0v) is 40.4. The van der Waals surface area contributed by atoms with Crippen LogP contribution in [0.2, 0.25) is 0 Å². The molecule has 0 aliphatic carbocycles. The lowest BCUT2D eigenvalue weighted by Gasteiger charge is -2.24. The minimum Gasteiger partial charge on any atom is -0.462 e. The summed E-state index contributed by atoms with van der Waals surface area (Å²) in [5.41, 5.74) is 0. The summed E-state index contributed by atoms with van der Waals surface area (Å²) in [5, 5.41) is 23.8. The van der Waals surface area contributed by atoms with Crippen molar-refractivity contribution >= 4 is 11.9 Å². The van der Waals surface area contributed by atoms with Crippen LogP contribution >= 0.6 is 0 Å². The average molecular weight is 846 g/mol. The molecule has 3 atom stereocenters. The van der Waals surface area contributed by atoms with E-state index in [0.717, 1.165) is 70.6 Å². The van der Waals surface area contributed by atoms with Crippen LogP contribution in [0.15, 0.2) is 24.3 Å². The largest absolute Gasteiger partial charge is 0.462 e. The lowest BCUT2D eigenvalue weighted by Crippen LogP contribution is -2.46. The van der Waals surface area contributed by atoms with Gasteiger partial charge in [0.1, 0.15) is 6.10 Å². The molecule has 0 rings (SSSR count). The molecule has 0 saturated heterocycles. The molecule has 0 aromatic rings. The highest BCUT2D eigenvalue weighted by molar-refractivity contribution is 5.77. The summed E-state index contributed by atoms with van der Waals surface area (Å²) >= 11 is 0. The molecule has 0 heterocycles. The van der Waals surface area contributed by atoms with Crippen LogP contribution in [-0.4, -0.2) is 46.9 Å². The van der Waals surface area contributed by atoms with Gasteiger partial charge in [0.05, 0.1) is 25.2 Å². The van der Waals surface area contributed by atoms with E-state index < -0.39 is 18.2 Å². The fraction of sp³-hybridized carbons (Fsp3) is 0.889. The Labute approximate surface area is 373 Å². The summed E-state index contributed by atoms with van der Waals surface area (Å²) in [5.74, 6) is -0.473. The molecule has 0 aromatic carbocycles. The Kier molecular flexibility index (Phi) is 47.0. The minimum atomic E-state index is -0.787. The second kappa shape index (κ2) is 48.4. The van der Waals surface area contributed by atoms with Crippen LogP contribution in [-0.2, 0) is 14.3 Å². The van der Waals surface area contributed by atoms with E-state index in [1.807, 2.05) is 0 Å².